The Labute approximate surface area is 105 Å². The largest absolute Gasteiger partial charge is 0.340 e. The van der Waals surface area contributed by atoms with E-state index in [4.69, 9.17) is 18.9 Å². The molecule has 0 aliphatic carbocycles. The van der Waals surface area contributed by atoms with Crippen LogP contribution in [-0.4, -0.2) is 39.3 Å². The molecule has 104 valence electrons. The molecule has 0 amide bonds. The Kier molecular flexibility index (Phi) is 12.1. The van der Waals surface area contributed by atoms with E-state index in [2.05, 4.69) is 19.2 Å². The van der Waals surface area contributed by atoms with E-state index in [1.165, 1.54) is 0 Å². The van der Waals surface area contributed by atoms with Crippen LogP contribution in [0.15, 0.2) is 0 Å². The summed E-state index contributed by atoms with van der Waals surface area (Å²) in [5, 5.41) is 3.04. The summed E-state index contributed by atoms with van der Waals surface area (Å²) in [6.45, 7) is 10.4. The molecule has 0 radical (unpaired) electrons. The standard InChI is InChI=1S/C12H27NO4/c1-5-9-16-11(14-7-3)13-12(15-8-4)17-10-6-2/h11-13H,5-10H2,1-4H3. The van der Waals surface area contributed by atoms with Gasteiger partial charge >= 0.3 is 0 Å². The van der Waals surface area contributed by atoms with Crippen LogP contribution < -0.4 is 5.32 Å². The number of nitrogens with one attached hydrogen (secondary N) is 1. The monoisotopic (exact) mass is 249 g/mol. The molecule has 0 bridgehead atoms. The SMILES string of the molecule is CCCOC(NC(OCC)OCCC)OCC. The second kappa shape index (κ2) is 12.3. The number of hydrogen-bond acceptors (Lipinski definition) is 5. The third-order valence-corrected chi connectivity index (χ3v) is 1.85. The lowest BCUT2D eigenvalue weighted by Crippen LogP contribution is -2.45. The molecule has 0 aromatic rings. The minimum Gasteiger partial charge on any atom is -0.340 e. The molecule has 0 aliphatic rings. The smallest absolute Gasteiger partial charge is 0.219 e. The minimum absolute atomic E-state index is 0.478. The summed E-state index contributed by atoms with van der Waals surface area (Å²) in [4.78, 5) is 0. The lowest BCUT2D eigenvalue weighted by molar-refractivity contribution is -0.235. The highest BCUT2D eigenvalue weighted by molar-refractivity contribution is 4.45. The number of ether oxygens (including phenoxy) is 4. The summed E-state index contributed by atoms with van der Waals surface area (Å²) >= 11 is 0. The van der Waals surface area contributed by atoms with Crippen molar-refractivity contribution in [2.24, 2.45) is 0 Å². The normalized spacial score (nSPS) is 14.8. The first-order chi connectivity index (χ1) is 8.28. The first-order valence-electron chi connectivity index (χ1n) is 6.50. The predicted octanol–water partition coefficient (Wildman–Crippen LogP) is 2.07. The Morgan fingerprint density at radius 2 is 1.12 bits per heavy atom. The van der Waals surface area contributed by atoms with Gasteiger partial charge in [-0.15, -0.1) is 0 Å². The van der Waals surface area contributed by atoms with Crippen LogP contribution in [-0.2, 0) is 18.9 Å². The van der Waals surface area contributed by atoms with Crippen molar-refractivity contribution in [3.8, 4) is 0 Å². The lowest BCUT2D eigenvalue weighted by Gasteiger charge is -2.25. The van der Waals surface area contributed by atoms with Crippen molar-refractivity contribution in [3.63, 3.8) is 0 Å². The van der Waals surface area contributed by atoms with Gasteiger partial charge < -0.3 is 18.9 Å². The third kappa shape index (κ3) is 9.50. The van der Waals surface area contributed by atoms with Gasteiger partial charge in [-0.1, -0.05) is 13.8 Å². The molecule has 0 aliphatic heterocycles. The zero-order valence-corrected chi connectivity index (χ0v) is 11.5. The van der Waals surface area contributed by atoms with Crippen LogP contribution in [0.25, 0.3) is 0 Å². The predicted molar refractivity (Wildman–Crippen MR) is 66.4 cm³/mol. The zero-order valence-electron chi connectivity index (χ0n) is 11.5. The van der Waals surface area contributed by atoms with Crippen molar-refractivity contribution in [2.45, 2.75) is 53.4 Å². The summed E-state index contributed by atoms with van der Waals surface area (Å²) in [5.74, 6) is 0. The maximum atomic E-state index is 5.50. The second-order valence-electron chi connectivity index (χ2n) is 3.48. The van der Waals surface area contributed by atoms with Gasteiger partial charge in [-0.25, -0.2) is 5.32 Å². The number of hydrogen-bond donors (Lipinski definition) is 1. The molecule has 2 unspecified atom stereocenters. The molecule has 5 heteroatoms. The number of rotatable bonds is 12. The van der Waals surface area contributed by atoms with Gasteiger partial charge in [0.25, 0.3) is 0 Å². The fourth-order valence-electron chi connectivity index (χ4n) is 1.15. The van der Waals surface area contributed by atoms with Gasteiger partial charge in [-0.05, 0) is 26.7 Å². The van der Waals surface area contributed by atoms with Crippen LogP contribution in [0.4, 0.5) is 0 Å². The van der Waals surface area contributed by atoms with Gasteiger partial charge in [0.15, 0.2) is 0 Å². The van der Waals surface area contributed by atoms with Crippen molar-refractivity contribution in [2.75, 3.05) is 26.4 Å². The van der Waals surface area contributed by atoms with Gasteiger partial charge in [0, 0.05) is 13.2 Å². The highest BCUT2D eigenvalue weighted by Crippen LogP contribution is 1.99. The lowest BCUT2D eigenvalue weighted by atomic mass is 10.5. The molecule has 0 heterocycles. The molecule has 17 heavy (non-hydrogen) atoms. The summed E-state index contributed by atoms with van der Waals surface area (Å²) in [5.41, 5.74) is 0. The van der Waals surface area contributed by atoms with Crippen LogP contribution in [0.2, 0.25) is 0 Å². The highest BCUT2D eigenvalue weighted by atomic mass is 16.7. The molecule has 0 aromatic carbocycles. The van der Waals surface area contributed by atoms with E-state index in [0.717, 1.165) is 12.8 Å². The molecule has 1 N–H and O–H groups in total. The first-order valence-corrected chi connectivity index (χ1v) is 6.50. The zero-order chi connectivity index (χ0) is 12.9. The Morgan fingerprint density at radius 3 is 1.41 bits per heavy atom. The molecule has 2 atom stereocenters. The topological polar surface area (TPSA) is 49.0 Å². The van der Waals surface area contributed by atoms with Crippen molar-refractivity contribution < 1.29 is 18.9 Å². The van der Waals surface area contributed by atoms with Crippen molar-refractivity contribution in [1.29, 1.82) is 0 Å². The van der Waals surface area contributed by atoms with E-state index >= 15 is 0 Å². The molecule has 0 rings (SSSR count). The molecule has 0 saturated heterocycles. The summed E-state index contributed by atoms with van der Waals surface area (Å²) < 4.78 is 21.8. The van der Waals surface area contributed by atoms with Crippen molar-refractivity contribution in [3.05, 3.63) is 0 Å². The van der Waals surface area contributed by atoms with E-state index in [9.17, 15) is 0 Å². The Hall–Kier alpha value is -0.200. The maximum absolute atomic E-state index is 5.50. The van der Waals surface area contributed by atoms with E-state index in [-0.39, 0.29) is 0 Å². The summed E-state index contributed by atoms with van der Waals surface area (Å²) in [7, 11) is 0. The van der Waals surface area contributed by atoms with Crippen LogP contribution in [0.3, 0.4) is 0 Å². The molecule has 0 fully saturated rings. The van der Waals surface area contributed by atoms with E-state index in [1.807, 2.05) is 13.8 Å². The molecule has 5 nitrogen and oxygen atoms in total. The maximum Gasteiger partial charge on any atom is 0.219 e. The Morgan fingerprint density at radius 1 is 0.706 bits per heavy atom. The fraction of sp³-hybridized carbons (Fsp3) is 1.00. The Bertz CT molecular complexity index is 141. The fourth-order valence-corrected chi connectivity index (χ4v) is 1.15. The molecule has 0 spiro atoms. The van der Waals surface area contributed by atoms with E-state index in [1.54, 1.807) is 0 Å². The van der Waals surface area contributed by atoms with E-state index in [0.29, 0.717) is 26.4 Å². The van der Waals surface area contributed by atoms with Crippen LogP contribution in [0.1, 0.15) is 40.5 Å². The van der Waals surface area contributed by atoms with Gasteiger partial charge in [0.2, 0.25) is 12.8 Å². The van der Waals surface area contributed by atoms with Gasteiger partial charge in [-0.3, -0.25) is 0 Å². The average molecular weight is 249 g/mol. The molecular weight excluding hydrogens is 222 g/mol. The van der Waals surface area contributed by atoms with Gasteiger partial charge in [0.1, 0.15) is 0 Å². The molecule has 0 saturated carbocycles. The van der Waals surface area contributed by atoms with E-state index < -0.39 is 12.8 Å². The van der Waals surface area contributed by atoms with Crippen LogP contribution in [0.5, 0.6) is 0 Å². The third-order valence-electron chi connectivity index (χ3n) is 1.85. The summed E-state index contributed by atoms with van der Waals surface area (Å²) in [6, 6.07) is 0. The highest BCUT2D eigenvalue weighted by Gasteiger charge is 2.15. The summed E-state index contributed by atoms with van der Waals surface area (Å²) in [6.07, 6.45) is 0.933. The van der Waals surface area contributed by atoms with Crippen molar-refractivity contribution in [1.82, 2.24) is 5.32 Å². The van der Waals surface area contributed by atoms with Crippen LogP contribution in [0, 0.1) is 0 Å². The molecule has 0 aromatic heterocycles. The van der Waals surface area contributed by atoms with Crippen LogP contribution >= 0.6 is 0 Å². The molecular formula is C12H27NO4. The average Bonchev–Trinajstić information content (AvgIpc) is 2.33. The quantitative estimate of drug-likeness (QED) is 0.537. The van der Waals surface area contributed by atoms with Crippen molar-refractivity contribution >= 4 is 0 Å². The van der Waals surface area contributed by atoms with Gasteiger partial charge in [0.05, 0.1) is 13.2 Å². The minimum atomic E-state index is -0.478. The Balaban J connectivity index is 4.02. The van der Waals surface area contributed by atoms with Gasteiger partial charge in [-0.2, -0.15) is 0 Å². The second-order valence-corrected chi connectivity index (χ2v) is 3.48. The first kappa shape index (κ1) is 16.8.